The van der Waals surface area contributed by atoms with Crippen LogP contribution in [0.25, 0.3) is 11.4 Å². The summed E-state index contributed by atoms with van der Waals surface area (Å²) < 4.78 is 12.6. The van der Waals surface area contributed by atoms with Crippen molar-refractivity contribution in [3.8, 4) is 22.9 Å². The Balaban J connectivity index is 1.80. The zero-order valence-corrected chi connectivity index (χ0v) is 18.2. The number of anilines is 1. The van der Waals surface area contributed by atoms with Crippen molar-refractivity contribution in [1.82, 2.24) is 14.8 Å². The number of halogens is 1. The SMILES string of the molecule is C=CCn1c(SCC(=O)Nc2ccccc2OC)nnc1-c1cc(Cl)ccc1OC. The van der Waals surface area contributed by atoms with Crippen LogP contribution in [0.1, 0.15) is 0 Å². The fourth-order valence-corrected chi connectivity index (χ4v) is 3.73. The summed E-state index contributed by atoms with van der Waals surface area (Å²) in [5.41, 5.74) is 1.33. The molecule has 0 saturated carbocycles. The van der Waals surface area contributed by atoms with Gasteiger partial charge < -0.3 is 14.8 Å². The van der Waals surface area contributed by atoms with E-state index in [2.05, 4.69) is 22.1 Å². The van der Waals surface area contributed by atoms with E-state index >= 15 is 0 Å². The lowest BCUT2D eigenvalue weighted by Crippen LogP contribution is -2.15. The summed E-state index contributed by atoms with van der Waals surface area (Å²) in [6.07, 6.45) is 1.74. The maximum absolute atomic E-state index is 12.4. The van der Waals surface area contributed by atoms with Crippen molar-refractivity contribution in [1.29, 1.82) is 0 Å². The maximum Gasteiger partial charge on any atom is 0.234 e. The molecule has 0 aliphatic rings. The van der Waals surface area contributed by atoms with Gasteiger partial charge in [-0.05, 0) is 30.3 Å². The Hall–Kier alpha value is -2.97. The number of nitrogens with zero attached hydrogens (tertiary/aromatic N) is 3. The smallest absolute Gasteiger partial charge is 0.234 e. The van der Waals surface area contributed by atoms with Gasteiger partial charge in [0.05, 0.1) is 31.2 Å². The Kier molecular flexibility index (Phi) is 7.37. The Bertz CT molecular complexity index is 1050. The zero-order chi connectivity index (χ0) is 21.5. The molecule has 7 nitrogen and oxygen atoms in total. The van der Waals surface area contributed by atoms with Crippen LogP contribution in [0, 0.1) is 0 Å². The van der Waals surface area contributed by atoms with Crippen LogP contribution in [-0.2, 0) is 11.3 Å². The third-order valence-electron chi connectivity index (χ3n) is 4.14. The minimum Gasteiger partial charge on any atom is -0.496 e. The highest BCUT2D eigenvalue weighted by molar-refractivity contribution is 7.99. The number of nitrogens with one attached hydrogen (secondary N) is 1. The average molecular weight is 445 g/mol. The number of carbonyl (C=O) groups excluding carboxylic acids is 1. The number of benzene rings is 2. The molecule has 1 aromatic heterocycles. The van der Waals surface area contributed by atoms with Gasteiger partial charge in [0.1, 0.15) is 11.5 Å². The number of rotatable bonds is 9. The number of methoxy groups -OCH3 is 2. The minimum atomic E-state index is -0.181. The monoisotopic (exact) mass is 444 g/mol. The first kappa shape index (κ1) is 21.7. The number of aromatic nitrogens is 3. The number of hydrogen-bond donors (Lipinski definition) is 1. The molecule has 0 unspecified atom stereocenters. The van der Waals surface area contributed by atoms with E-state index in [1.165, 1.54) is 11.8 Å². The van der Waals surface area contributed by atoms with Crippen LogP contribution in [0.5, 0.6) is 11.5 Å². The third kappa shape index (κ3) is 4.95. The van der Waals surface area contributed by atoms with Crippen molar-refractivity contribution in [3.63, 3.8) is 0 Å². The molecular formula is C21H21ClN4O3S. The van der Waals surface area contributed by atoms with Gasteiger partial charge in [-0.25, -0.2) is 0 Å². The summed E-state index contributed by atoms with van der Waals surface area (Å²) in [6, 6.07) is 12.5. The van der Waals surface area contributed by atoms with Gasteiger partial charge in [-0.1, -0.05) is 41.6 Å². The topological polar surface area (TPSA) is 78.3 Å². The second kappa shape index (κ2) is 10.2. The number of ether oxygens (including phenoxy) is 2. The molecule has 2 aromatic carbocycles. The molecule has 1 N–H and O–H groups in total. The highest BCUT2D eigenvalue weighted by atomic mass is 35.5. The van der Waals surface area contributed by atoms with E-state index in [0.717, 1.165) is 0 Å². The van der Waals surface area contributed by atoms with Crippen LogP contribution in [0.2, 0.25) is 5.02 Å². The van der Waals surface area contributed by atoms with Gasteiger partial charge in [0.2, 0.25) is 5.91 Å². The van der Waals surface area contributed by atoms with Crippen molar-refractivity contribution < 1.29 is 14.3 Å². The Morgan fingerprint density at radius 3 is 2.70 bits per heavy atom. The maximum atomic E-state index is 12.4. The molecule has 30 heavy (non-hydrogen) atoms. The second-order valence-electron chi connectivity index (χ2n) is 6.09. The zero-order valence-electron chi connectivity index (χ0n) is 16.6. The first-order valence-corrected chi connectivity index (χ1v) is 10.4. The Morgan fingerprint density at radius 2 is 1.97 bits per heavy atom. The van der Waals surface area contributed by atoms with Crippen LogP contribution >= 0.6 is 23.4 Å². The molecule has 0 spiro atoms. The predicted molar refractivity (Wildman–Crippen MR) is 120 cm³/mol. The standard InChI is InChI=1S/C21H21ClN4O3S/c1-4-11-26-20(15-12-14(22)9-10-17(15)28-2)24-25-21(26)30-13-19(27)23-16-7-5-6-8-18(16)29-3/h4-10,12H,1,11,13H2,2-3H3,(H,23,27). The van der Waals surface area contributed by atoms with E-state index in [0.29, 0.717) is 45.3 Å². The van der Waals surface area contributed by atoms with Crippen molar-refractivity contribution >= 4 is 35.0 Å². The number of amides is 1. The molecule has 0 bridgehead atoms. The molecule has 1 amide bonds. The van der Waals surface area contributed by atoms with Gasteiger partial charge in [0.25, 0.3) is 0 Å². The van der Waals surface area contributed by atoms with Crippen LogP contribution in [0.15, 0.2) is 60.3 Å². The van der Waals surface area contributed by atoms with Gasteiger partial charge in [-0.15, -0.1) is 16.8 Å². The predicted octanol–water partition coefficient (Wildman–Crippen LogP) is 4.53. The van der Waals surface area contributed by atoms with Gasteiger partial charge >= 0.3 is 0 Å². The molecule has 0 radical (unpaired) electrons. The van der Waals surface area contributed by atoms with Crippen molar-refractivity contribution in [2.45, 2.75) is 11.7 Å². The van der Waals surface area contributed by atoms with Gasteiger partial charge in [0, 0.05) is 11.6 Å². The summed E-state index contributed by atoms with van der Waals surface area (Å²) in [4.78, 5) is 12.4. The number of para-hydroxylation sites is 2. The molecule has 9 heteroatoms. The normalized spacial score (nSPS) is 10.5. The lowest BCUT2D eigenvalue weighted by Gasteiger charge is -2.12. The summed E-state index contributed by atoms with van der Waals surface area (Å²) in [6.45, 7) is 4.27. The first-order valence-electron chi connectivity index (χ1n) is 9.01. The number of allylic oxidation sites excluding steroid dienone is 1. The summed E-state index contributed by atoms with van der Waals surface area (Å²) in [7, 11) is 3.14. The highest BCUT2D eigenvalue weighted by Gasteiger charge is 2.18. The Labute approximate surface area is 184 Å². The average Bonchev–Trinajstić information content (AvgIpc) is 3.15. The number of carbonyl (C=O) groups is 1. The molecule has 0 aliphatic carbocycles. The Morgan fingerprint density at radius 1 is 1.20 bits per heavy atom. The van der Waals surface area contributed by atoms with Crippen molar-refractivity contribution in [2.24, 2.45) is 0 Å². The molecule has 0 atom stereocenters. The summed E-state index contributed by atoms with van der Waals surface area (Å²) >= 11 is 7.44. The molecule has 0 fully saturated rings. The molecule has 3 aromatic rings. The highest BCUT2D eigenvalue weighted by Crippen LogP contribution is 2.33. The fourth-order valence-electron chi connectivity index (χ4n) is 2.81. The largest absolute Gasteiger partial charge is 0.496 e. The molecule has 156 valence electrons. The van der Waals surface area contributed by atoms with Crippen LogP contribution in [-0.4, -0.2) is 40.6 Å². The van der Waals surface area contributed by atoms with Crippen LogP contribution < -0.4 is 14.8 Å². The third-order valence-corrected chi connectivity index (χ3v) is 5.35. The minimum absolute atomic E-state index is 0.153. The number of thioether (sulfide) groups is 1. The molecule has 0 saturated heterocycles. The van der Waals surface area contributed by atoms with Gasteiger partial charge in [-0.3, -0.25) is 9.36 Å². The van der Waals surface area contributed by atoms with Crippen molar-refractivity contribution in [2.75, 3.05) is 25.3 Å². The van der Waals surface area contributed by atoms with Gasteiger partial charge in [-0.2, -0.15) is 0 Å². The van der Waals surface area contributed by atoms with Crippen LogP contribution in [0.3, 0.4) is 0 Å². The first-order chi connectivity index (χ1) is 14.6. The quantitative estimate of drug-likeness (QED) is 0.386. The number of hydrogen-bond acceptors (Lipinski definition) is 6. The lowest BCUT2D eigenvalue weighted by atomic mass is 10.2. The molecule has 3 rings (SSSR count). The molecule has 1 heterocycles. The van der Waals surface area contributed by atoms with E-state index in [1.807, 2.05) is 16.7 Å². The molecular weight excluding hydrogens is 424 g/mol. The summed E-state index contributed by atoms with van der Waals surface area (Å²) in [5.74, 6) is 1.78. The second-order valence-corrected chi connectivity index (χ2v) is 7.47. The van der Waals surface area contributed by atoms with Crippen molar-refractivity contribution in [3.05, 3.63) is 60.1 Å². The van der Waals surface area contributed by atoms with E-state index < -0.39 is 0 Å². The van der Waals surface area contributed by atoms with E-state index in [-0.39, 0.29) is 11.7 Å². The van der Waals surface area contributed by atoms with Crippen LogP contribution in [0.4, 0.5) is 5.69 Å². The van der Waals surface area contributed by atoms with E-state index in [4.69, 9.17) is 21.1 Å². The van der Waals surface area contributed by atoms with E-state index in [9.17, 15) is 4.79 Å². The van der Waals surface area contributed by atoms with E-state index in [1.54, 1.807) is 50.6 Å². The van der Waals surface area contributed by atoms with Gasteiger partial charge in [0.15, 0.2) is 11.0 Å². The molecule has 0 aliphatic heterocycles. The fraction of sp³-hybridized carbons (Fsp3) is 0.190. The summed E-state index contributed by atoms with van der Waals surface area (Å²) in [5, 5.41) is 12.5. The lowest BCUT2D eigenvalue weighted by molar-refractivity contribution is -0.113.